The molecule has 0 aliphatic carbocycles. The lowest BCUT2D eigenvalue weighted by atomic mass is 9.96. The third-order valence-corrected chi connectivity index (χ3v) is 7.26. The second-order valence-corrected chi connectivity index (χ2v) is 9.33. The Labute approximate surface area is 143 Å². The lowest BCUT2D eigenvalue weighted by molar-refractivity contribution is -0.878. The predicted octanol–water partition coefficient (Wildman–Crippen LogP) is 2.56. The van der Waals surface area contributed by atoms with Crippen molar-refractivity contribution in [3.05, 3.63) is 66.2 Å². The van der Waals surface area contributed by atoms with Crippen LogP contribution in [-0.2, 0) is 9.84 Å². The molecule has 3 rings (SSSR count). The summed E-state index contributed by atoms with van der Waals surface area (Å²) in [5.41, 5.74) is 0.457. The van der Waals surface area contributed by atoms with E-state index in [-0.39, 0.29) is 17.2 Å². The Morgan fingerprint density at radius 1 is 0.958 bits per heavy atom. The van der Waals surface area contributed by atoms with Crippen molar-refractivity contribution >= 4 is 15.6 Å². The normalized spacial score (nSPS) is 23.1. The Balaban J connectivity index is 2.17. The summed E-state index contributed by atoms with van der Waals surface area (Å²) in [6.07, 6.45) is 0.338. The van der Waals surface area contributed by atoms with Gasteiger partial charge in [-0.3, -0.25) is 4.79 Å². The minimum atomic E-state index is -3.78. The fourth-order valence-corrected chi connectivity index (χ4v) is 5.75. The van der Waals surface area contributed by atoms with Crippen molar-refractivity contribution < 1.29 is 17.7 Å². The number of carbonyl (C=O) groups is 1. The highest BCUT2D eigenvalue weighted by molar-refractivity contribution is 7.93. The van der Waals surface area contributed by atoms with E-state index in [1.165, 1.54) is 0 Å². The molecule has 0 N–H and O–H groups in total. The standard InChI is InChI=1S/C19H22NO3S/c1-20(2)14-13-19(15-20,18(21)16-9-5-3-6-10-16)24(22,23)17-11-7-4-8-12-17/h3-12H,13-15H2,1-2H3/q+1. The summed E-state index contributed by atoms with van der Waals surface area (Å²) in [7, 11) is 0.162. The highest BCUT2D eigenvalue weighted by atomic mass is 32.2. The van der Waals surface area contributed by atoms with Gasteiger partial charge >= 0.3 is 0 Å². The Morgan fingerprint density at radius 3 is 2.00 bits per heavy atom. The van der Waals surface area contributed by atoms with Crippen LogP contribution in [0.5, 0.6) is 0 Å². The molecule has 5 heteroatoms. The van der Waals surface area contributed by atoms with Crippen LogP contribution in [0, 0.1) is 0 Å². The number of ketones is 1. The van der Waals surface area contributed by atoms with E-state index in [4.69, 9.17) is 0 Å². The number of hydrogen-bond acceptors (Lipinski definition) is 3. The molecule has 0 saturated carbocycles. The van der Waals surface area contributed by atoms with Gasteiger partial charge in [0.2, 0.25) is 0 Å². The molecule has 1 aliphatic heterocycles. The topological polar surface area (TPSA) is 51.2 Å². The van der Waals surface area contributed by atoms with Gasteiger partial charge in [0.25, 0.3) is 0 Å². The maximum atomic E-state index is 13.4. The number of carbonyl (C=O) groups excluding carboxylic acids is 1. The number of Topliss-reactive ketones (excluding diaryl/α,β-unsaturated/α-hetero) is 1. The highest BCUT2D eigenvalue weighted by Gasteiger charge is 2.59. The fourth-order valence-electron chi connectivity index (χ4n) is 3.54. The zero-order chi connectivity index (χ0) is 17.4. The molecule has 1 saturated heterocycles. The lowest BCUT2D eigenvalue weighted by Crippen LogP contribution is -2.51. The number of nitrogens with zero attached hydrogens (tertiary/aromatic N) is 1. The van der Waals surface area contributed by atoms with Crippen molar-refractivity contribution in [1.82, 2.24) is 0 Å². The van der Waals surface area contributed by atoms with E-state index in [2.05, 4.69) is 0 Å². The van der Waals surface area contributed by atoms with Gasteiger partial charge in [-0.05, 0) is 12.1 Å². The first-order valence-corrected chi connectivity index (χ1v) is 9.48. The van der Waals surface area contributed by atoms with E-state index in [0.717, 1.165) is 0 Å². The Morgan fingerprint density at radius 2 is 1.50 bits per heavy atom. The molecule has 0 radical (unpaired) electrons. The summed E-state index contributed by atoms with van der Waals surface area (Å²) in [5.74, 6) is -0.296. The number of benzene rings is 2. The molecule has 2 aromatic carbocycles. The smallest absolute Gasteiger partial charge is 0.197 e. The number of quaternary nitrogens is 1. The van der Waals surface area contributed by atoms with Crippen LogP contribution in [0.2, 0.25) is 0 Å². The van der Waals surface area contributed by atoms with E-state index in [9.17, 15) is 13.2 Å². The summed E-state index contributed by atoms with van der Waals surface area (Å²) >= 11 is 0. The molecule has 0 aromatic heterocycles. The Kier molecular flexibility index (Phi) is 4.10. The molecule has 126 valence electrons. The summed E-state index contributed by atoms with van der Waals surface area (Å²) in [6.45, 7) is 0.947. The van der Waals surface area contributed by atoms with Crippen LogP contribution in [0.25, 0.3) is 0 Å². The maximum absolute atomic E-state index is 13.4. The first-order chi connectivity index (χ1) is 11.3. The first-order valence-electron chi connectivity index (χ1n) is 8.00. The molecule has 1 heterocycles. The van der Waals surface area contributed by atoms with Crippen molar-refractivity contribution in [2.45, 2.75) is 16.1 Å². The van der Waals surface area contributed by atoms with Gasteiger partial charge in [0.15, 0.2) is 20.4 Å². The van der Waals surface area contributed by atoms with Gasteiger partial charge in [-0.1, -0.05) is 48.5 Å². The average molecular weight is 344 g/mol. The average Bonchev–Trinajstić information content (AvgIpc) is 2.93. The molecule has 0 amide bonds. The minimum Gasteiger partial charge on any atom is -0.327 e. The van der Waals surface area contributed by atoms with E-state index >= 15 is 0 Å². The molecule has 0 spiro atoms. The molecule has 1 atom stereocenters. The van der Waals surface area contributed by atoms with Crippen LogP contribution in [0.15, 0.2) is 65.6 Å². The molecule has 0 bridgehead atoms. The SMILES string of the molecule is C[N+]1(C)CCC(C(=O)c2ccccc2)(S(=O)(=O)c2ccccc2)C1. The minimum absolute atomic E-state index is 0.219. The van der Waals surface area contributed by atoms with Gasteiger partial charge in [-0.15, -0.1) is 0 Å². The van der Waals surface area contributed by atoms with Crippen molar-refractivity contribution in [2.24, 2.45) is 0 Å². The lowest BCUT2D eigenvalue weighted by Gasteiger charge is -2.29. The second kappa shape index (κ2) is 5.83. The fraction of sp³-hybridized carbons (Fsp3) is 0.316. The van der Waals surface area contributed by atoms with Crippen molar-refractivity contribution in [3.8, 4) is 0 Å². The third kappa shape index (κ3) is 2.68. The van der Waals surface area contributed by atoms with Crippen molar-refractivity contribution in [3.63, 3.8) is 0 Å². The number of likely N-dealkylation sites (tertiary alicyclic amines) is 1. The maximum Gasteiger partial charge on any atom is 0.197 e. The van der Waals surface area contributed by atoms with E-state index in [1.54, 1.807) is 54.6 Å². The summed E-state index contributed by atoms with van der Waals surface area (Å²) in [5, 5.41) is 0. The second-order valence-electron chi connectivity index (χ2n) is 7.07. The van der Waals surface area contributed by atoms with Crippen LogP contribution >= 0.6 is 0 Å². The van der Waals surface area contributed by atoms with Gasteiger partial charge in [0.1, 0.15) is 6.54 Å². The van der Waals surface area contributed by atoms with Crippen LogP contribution in [0.4, 0.5) is 0 Å². The van der Waals surface area contributed by atoms with E-state index in [1.807, 2.05) is 20.2 Å². The molecular weight excluding hydrogens is 322 g/mol. The first kappa shape index (κ1) is 16.9. The predicted molar refractivity (Wildman–Crippen MR) is 93.6 cm³/mol. The monoisotopic (exact) mass is 344 g/mol. The Bertz CT molecular complexity index is 845. The zero-order valence-corrected chi connectivity index (χ0v) is 14.8. The molecular formula is C19H22NO3S+. The van der Waals surface area contributed by atoms with Gasteiger partial charge in [0.05, 0.1) is 25.5 Å². The molecule has 4 nitrogen and oxygen atoms in total. The van der Waals surface area contributed by atoms with Crippen LogP contribution in [0.3, 0.4) is 0 Å². The molecule has 1 fully saturated rings. The summed E-state index contributed by atoms with van der Waals surface area (Å²) in [4.78, 5) is 13.5. The quantitative estimate of drug-likeness (QED) is 0.633. The molecule has 2 aromatic rings. The molecule has 1 aliphatic rings. The van der Waals surface area contributed by atoms with Gasteiger partial charge in [-0.25, -0.2) is 8.42 Å². The number of hydrogen-bond donors (Lipinski definition) is 0. The largest absolute Gasteiger partial charge is 0.327 e. The van der Waals surface area contributed by atoms with Crippen LogP contribution in [0.1, 0.15) is 16.8 Å². The van der Waals surface area contributed by atoms with Gasteiger partial charge in [0, 0.05) is 12.0 Å². The van der Waals surface area contributed by atoms with Crippen LogP contribution < -0.4 is 0 Å². The van der Waals surface area contributed by atoms with Crippen LogP contribution in [-0.4, -0.2) is 50.6 Å². The highest BCUT2D eigenvalue weighted by Crippen LogP contribution is 2.39. The third-order valence-electron chi connectivity index (χ3n) is 4.82. The number of rotatable bonds is 4. The molecule has 24 heavy (non-hydrogen) atoms. The summed E-state index contributed by atoms with van der Waals surface area (Å²) < 4.78 is 26.0. The van der Waals surface area contributed by atoms with Crippen molar-refractivity contribution in [2.75, 3.05) is 27.2 Å². The van der Waals surface area contributed by atoms with Crippen molar-refractivity contribution in [1.29, 1.82) is 0 Å². The van der Waals surface area contributed by atoms with E-state index in [0.29, 0.717) is 23.0 Å². The van der Waals surface area contributed by atoms with E-state index < -0.39 is 14.6 Å². The zero-order valence-electron chi connectivity index (χ0n) is 14.0. The molecule has 1 unspecified atom stereocenters. The summed E-state index contributed by atoms with van der Waals surface area (Å²) in [6, 6.07) is 17.1. The Hall–Kier alpha value is -1.98. The van der Waals surface area contributed by atoms with Gasteiger partial charge < -0.3 is 4.48 Å². The number of sulfone groups is 1. The van der Waals surface area contributed by atoms with Gasteiger partial charge in [-0.2, -0.15) is 0 Å².